The van der Waals surface area contributed by atoms with Gasteiger partial charge in [0.2, 0.25) is 5.91 Å². The Morgan fingerprint density at radius 1 is 1.11 bits per heavy atom. The zero-order valence-electron chi connectivity index (χ0n) is 19.7. The predicted molar refractivity (Wildman–Crippen MR) is 136 cm³/mol. The van der Waals surface area contributed by atoms with Gasteiger partial charge in [0.25, 0.3) is 0 Å². The van der Waals surface area contributed by atoms with Crippen LogP contribution in [-0.4, -0.2) is 59.1 Å². The maximum Gasteiger partial charge on any atom is 0.232 e. The molecule has 0 spiro atoms. The average Bonchev–Trinajstić information content (AvgIpc) is 2.92. The van der Waals surface area contributed by atoms with Crippen LogP contribution < -0.4 is 20.3 Å². The summed E-state index contributed by atoms with van der Waals surface area (Å²) < 4.78 is 5.58. The van der Waals surface area contributed by atoms with Gasteiger partial charge in [0.1, 0.15) is 17.4 Å². The lowest BCUT2D eigenvalue weighted by molar-refractivity contribution is -0.117. The number of benzene rings is 1. The summed E-state index contributed by atoms with van der Waals surface area (Å²) in [7, 11) is 1.63. The van der Waals surface area contributed by atoms with Crippen molar-refractivity contribution in [2.75, 3.05) is 43.5 Å². The maximum absolute atomic E-state index is 12.8. The highest BCUT2D eigenvalue weighted by Crippen LogP contribution is 2.34. The van der Waals surface area contributed by atoms with Gasteiger partial charge in [-0.25, -0.2) is 15.0 Å². The molecule has 3 aromatic heterocycles. The number of pyridine rings is 2. The van der Waals surface area contributed by atoms with E-state index >= 15 is 0 Å². The topological polar surface area (TPSA) is 105 Å². The number of fused-ring (bicyclic) bond motifs is 1. The fourth-order valence-electron chi connectivity index (χ4n) is 4.19. The second kappa shape index (κ2) is 10.0. The molecule has 0 unspecified atom stereocenters. The van der Waals surface area contributed by atoms with Crippen LogP contribution in [0.4, 0.5) is 11.6 Å². The van der Waals surface area contributed by atoms with Gasteiger partial charge >= 0.3 is 0 Å². The van der Waals surface area contributed by atoms with Crippen molar-refractivity contribution in [1.29, 1.82) is 0 Å². The van der Waals surface area contributed by atoms with Crippen LogP contribution in [0, 0.1) is 0 Å². The number of carbonyl (C=O) groups is 1. The van der Waals surface area contributed by atoms with Crippen LogP contribution in [0.15, 0.2) is 61.1 Å². The van der Waals surface area contributed by atoms with E-state index in [-0.39, 0.29) is 11.8 Å². The normalized spacial score (nSPS) is 14.5. The smallest absolute Gasteiger partial charge is 0.232 e. The van der Waals surface area contributed by atoms with E-state index in [1.54, 1.807) is 31.8 Å². The summed E-state index contributed by atoms with van der Waals surface area (Å²) in [5.41, 5.74) is 2.40. The van der Waals surface area contributed by atoms with E-state index in [1.165, 1.54) is 0 Å². The molecule has 1 saturated heterocycles. The second-order valence-corrected chi connectivity index (χ2v) is 8.40. The number of aromatic nitrogens is 4. The minimum Gasteiger partial charge on any atom is -0.494 e. The minimum atomic E-state index is -0.309. The SMILES string of the molecule is COc1cncc2nc(-c3ccnc(NC(=O)[C@H](C)c4ccccc4)c3)nc(N3CCNCC3)c12. The molecule has 4 heterocycles. The van der Waals surface area contributed by atoms with E-state index < -0.39 is 0 Å². The van der Waals surface area contributed by atoms with E-state index in [9.17, 15) is 4.79 Å². The number of ether oxygens (including phenoxy) is 1. The van der Waals surface area contributed by atoms with Gasteiger partial charge in [-0.15, -0.1) is 0 Å². The van der Waals surface area contributed by atoms with Crippen molar-refractivity contribution in [3.05, 3.63) is 66.6 Å². The molecule has 9 nitrogen and oxygen atoms in total. The van der Waals surface area contributed by atoms with Gasteiger partial charge in [0, 0.05) is 37.9 Å². The molecule has 1 amide bonds. The van der Waals surface area contributed by atoms with Gasteiger partial charge in [0.15, 0.2) is 5.82 Å². The van der Waals surface area contributed by atoms with Crippen LogP contribution >= 0.6 is 0 Å². The number of piperazine rings is 1. The first kappa shape index (κ1) is 22.7. The third-order valence-corrected chi connectivity index (χ3v) is 6.15. The first-order chi connectivity index (χ1) is 17.1. The number of carbonyl (C=O) groups excluding carboxylic acids is 1. The monoisotopic (exact) mass is 469 g/mol. The molecule has 0 aliphatic carbocycles. The molecular formula is C26H27N7O2. The zero-order chi connectivity index (χ0) is 24.2. The second-order valence-electron chi connectivity index (χ2n) is 8.40. The van der Waals surface area contributed by atoms with Crippen molar-refractivity contribution >= 4 is 28.4 Å². The number of hydrogen-bond acceptors (Lipinski definition) is 8. The Kier molecular flexibility index (Phi) is 6.49. The van der Waals surface area contributed by atoms with Crippen molar-refractivity contribution < 1.29 is 9.53 Å². The predicted octanol–water partition coefficient (Wildman–Crippen LogP) is 3.25. The quantitative estimate of drug-likeness (QED) is 0.443. The van der Waals surface area contributed by atoms with Crippen LogP contribution in [0.2, 0.25) is 0 Å². The van der Waals surface area contributed by atoms with E-state index in [0.717, 1.165) is 48.5 Å². The molecular weight excluding hydrogens is 442 g/mol. The Labute approximate surface area is 203 Å². The Morgan fingerprint density at radius 3 is 2.69 bits per heavy atom. The molecule has 0 radical (unpaired) electrons. The summed E-state index contributed by atoms with van der Waals surface area (Å²) in [5.74, 6) is 2.00. The summed E-state index contributed by atoms with van der Waals surface area (Å²) >= 11 is 0. The standard InChI is InChI=1S/C26H27N7O2/c1-17(18-6-4-3-5-7-18)26(34)31-22-14-19(8-9-29-22)24-30-20-15-28-16-21(35-2)23(20)25(32-24)33-12-10-27-11-13-33/h3-9,14-17,27H,10-13H2,1-2H3,(H,29,31,34)/t17-/m1/s1. The molecule has 178 valence electrons. The fraction of sp³-hybridized carbons (Fsp3) is 0.269. The molecule has 1 atom stereocenters. The molecule has 0 saturated carbocycles. The van der Waals surface area contributed by atoms with E-state index in [4.69, 9.17) is 14.7 Å². The lowest BCUT2D eigenvalue weighted by atomic mass is 10.0. The summed E-state index contributed by atoms with van der Waals surface area (Å²) in [4.78, 5) is 33.4. The average molecular weight is 470 g/mol. The zero-order valence-corrected chi connectivity index (χ0v) is 19.7. The van der Waals surface area contributed by atoms with Crippen molar-refractivity contribution in [2.45, 2.75) is 12.8 Å². The highest BCUT2D eigenvalue weighted by Gasteiger charge is 2.21. The molecule has 5 rings (SSSR count). The summed E-state index contributed by atoms with van der Waals surface area (Å²) in [6, 6.07) is 13.3. The van der Waals surface area contributed by atoms with Crippen molar-refractivity contribution in [1.82, 2.24) is 25.3 Å². The van der Waals surface area contributed by atoms with E-state index in [1.807, 2.05) is 43.3 Å². The highest BCUT2D eigenvalue weighted by atomic mass is 16.5. The number of hydrogen-bond donors (Lipinski definition) is 2. The van der Waals surface area contributed by atoms with Gasteiger partial charge in [-0.1, -0.05) is 30.3 Å². The number of nitrogens with zero attached hydrogens (tertiary/aromatic N) is 5. The molecule has 4 aromatic rings. The van der Waals surface area contributed by atoms with Crippen LogP contribution in [0.25, 0.3) is 22.3 Å². The van der Waals surface area contributed by atoms with Crippen molar-refractivity contribution in [3.63, 3.8) is 0 Å². The Balaban J connectivity index is 1.50. The summed E-state index contributed by atoms with van der Waals surface area (Å²) in [5, 5.41) is 7.14. The molecule has 1 fully saturated rings. The third kappa shape index (κ3) is 4.76. The van der Waals surface area contributed by atoms with Crippen LogP contribution in [-0.2, 0) is 4.79 Å². The molecule has 0 bridgehead atoms. The minimum absolute atomic E-state index is 0.129. The van der Waals surface area contributed by atoms with Crippen molar-refractivity contribution in [3.8, 4) is 17.1 Å². The number of methoxy groups -OCH3 is 1. The number of amides is 1. The third-order valence-electron chi connectivity index (χ3n) is 6.15. The van der Waals surface area contributed by atoms with Crippen LogP contribution in [0.1, 0.15) is 18.4 Å². The van der Waals surface area contributed by atoms with Gasteiger partial charge in [-0.2, -0.15) is 0 Å². The Morgan fingerprint density at radius 2 is 1.91 bits per heavy atom. The lowest BCUT2D eigenvalue weighted by Gasteiger charge is -2.29. The first-order valence-electron chi connectivity index (χ1n) is 11.6. The molecule has 1 aliphatic heterocycles. The molecule has 1 aliphatic rings. The van der Waals surface area contributed by atoms with Gasteiger partial charge in [-0.05, 0) is 24.6 Å². The largest absolute Gasteiger partial charge is 0.494 e. The molecule has 1 aromatic carbocycles. The number of rotatable bonds is 6. The number of anilines is 2. The van der Waals surface area contributed by atoms with E-state index in [2.05, 4.69) is 25.5 Å². The van der Waals surface area contributed by atoms with Crippen molar-refractivity contribution in [2.24, 2.45) is 0 Å². The molecule has 2 N–H and O–H groups in total. The van der Waals surface area contributed by atoms with Crippen LogP contribution in [0.5, 0.6) is 5.75 Å². The first-order valence-corrected chi connectivity index (χ1v) is 11.6. The van der Waals surface area contributed by atoms with Gasteiger partial charge < -0.3 is 20.3 Å². The molecule has 9 heteroatoms. The summed E-state index contributed by atoms with van der Waals surface area (Å²) in [6.07, 6.45) is 5.06. The summed E-state index contributed by atoms with van der Waals surface area (Å²) in [6.45, 7) is 5.28. The van der Waals surface area contributed by atoms with Crippen LogP contribution in [0.3, 0.4) is 0 Å². The van der Waals surface area contributed by atoms with Gasteiger partial charge in [-0.3, -0.25) is 9.78 Å². The maximum atomic E-state index is 12.8. The molecule has 35 heavy (non-hydrogen) atoms. The fourth-order valence-corrected chi connectivity index (χ4v) is 4.19. The highest BCUT2D eigenvalue weighted by molar-refractivity contribution is 5.97. The lowest BCUT2D eigenvalue weighted by Crippen LogP contribution is -2.44. The van der Waals surface area contributed by atoms with Gasteiger partial charge in [0.05, 0.1) is 36.3 Å². The number of nitrogens with one attached hydrogen (secondary N) is 2. The Bertz CT molecular complexity index is 1340. The van der Waals surface area contributed by atoms with E-state index in [0.29, 0.717) is 22.9 Å². The Hall–Kier alpha value is -4.11.